The maximum atomic E-state index is 13.3. The van der Waals surface area contributed by atoms with Gasteiger partial charge in [0.25, 0.3) is 0 Å². The van der Waals surface area contributed by atoms with Gasteiger partial charge in [-0.1, -0.05) is 0 Å². The maximum absolute atomic E-state index is 13.3. The lowest BCUT2D eigenvalue weighted by atomic mass is 10.0. The van der Waals surface area contributed by atoms with Crippen LogP contribution in [0.3, 0.4) is 0 Å². The lowest BCUT2D eigenvalue weighted by Gasteiger charge is -2.11. The van der Waals surface area contributed by atoms with Crippen LogP contribution in [0.15, 0.2) is 18.2 Å². The van der Waals surface area contributed by atoms with Gasteiger partial charge in [0, 0.05) is 11.6 Å². The number of phenolic OH excluding ortho intramolecular Hbond substituents is 1. The Labute approximate surface area is 76.4 Å². The molecule has 2 nitrogen and oxygen atoms in total. The summed E-state index contributed by atoms with van der Waals surface area (Å²) in [7, 11) is 0. The SMILES string of the molecule is Oc1ccc(F)c([C@H]2CCCN2)c1. The first-order chi connectivity index (χ1) is 6.27. The first-order valence-electron chi connectivity index (χ1n) is 4.49. The van der Waals surface area contributed by atoms with E-state index in [1.807, 2.05) is 0 Å². The van der Waals surface area contributed by atoms with Crippen molar-refractivity contribution in [3.8, 4) is 5.75 Å². The molecule has 1 aliphatic heterocycles. The summed E-state index contributed by atoms with van der Waals surface area (Å²) in [6.45, 7) is 0.930. The normalized spacial score (nSPS) is 22.1. The zero-order valence-corrected chi connectivity index (χ0v) is 7.26. The predicted molar refractivity (Wildman–Crippen MR) is 48.0 cm³/mol. The van der Waals surface area contributed by atoms with Crippen LogP contribution in [-0.4, -0.2) is 11.7 Å². The number of rotatable bonds is 1. The molecule has 0 aromatic heterocycles. The largest absolute Gasteiger partial charge is 0.508 e. The van der Waals surface area contributed by atoms with Crippen molar-refractivity contribution in [3.63, 3.8) is 0 Å². The van der Waals surface area contributed by atoms with Crippen molar-refractivity contribution in [2.24, 2.45) is 0 Å². The highest BCUT2D eigenvalue weighted by Crippen LogP contribution is 2.27. The molecule has 1 aliphatic rings. The third kappa shape index (κ3) is 1.65. The van der Waals surface area contributed by atoms with Crippen LogP contribution in [-0.2, 0) is 0 Å². The van der Waals surface area contributed by atoms with Gasteiger partial charge in [0.2, 0.25) is 0 Å². The molecule has 0 unspecified atom stereocenters. The average molecular weight is 181 g/mol. The standard InChI is InChI=1S/C10H12FNO/c11-9-4-3-7(13)6-8(9)10-2-1-5-12-10/h3-4,6,10,12-13H,1-2,5H2/t10-/m1/s1. The van der Waals surface area contributed by atoms with Gasteiger partial charge < -0.3 is 10.4 Å². The Bertz CT molecular complexity index is 308. The molecule has 0 bridgehead atoms. The third-order valence-corrected chi connectivity index (χ3v) is 2.42. The van der Waals surface area contributed by atoms with Crippen LogP contribution in [0.4, 0.5) is 4.39 Å². The van der Waals surface area contributed by atoms with E-state index in [0.29, 0.717) is 5.56 Å². The van der Waals surface area contributed by atoms with Crippen LogP contribution in [0.5, 0.6) is 5.75 Å². The first-order valence-corrected chi connectivity index (χ1v) is 4.49. The fourth-order valence-corrected chi connectivity index (χ4v) is 1.75. The van der Waals surface area contributed by atoms with Gasteiger partial charge in [-0.3, -0.25) is 0 Å². The van der Waals surface area contributed by atoms with Gasteiger partial charge in [-0.15, -0.1) is 0 Å². The van der Waals surface area contributed by atoms with Crippen molar-refractivity contribution in [2.45, 2.75) is 18.9 Å². The minimum absolute atomic E-state index is 0.0760. The van der Waals surface area contributed by atoms with Gasteiger partial charge >= 0.3 is 0 Å². The highest BCUT2D eigenvalue weighted by molar-refractivity contribution is 5.31. The van der Waals surface area contributed by atoms with E-state index in [1.165, 1.54) is 18.2 Å². The molecule has 0 radical (unpaired) electrons. The molecule has 3 heteroatoms. The minimum atomic E-state index is -0.239. The quantitative estimate of drug-likeness (QED) is 0.694. The Morgan fingerprint density at radius 3 is 3.00 bits per heavy atom. The highest BCUT2D eigenvalue weighted by Gasteiger charge is 2.19. The second-order valence-corrected chi connectivity index (χ2v) is 3.35. The maximum Gasteiger partial charge on any atom is 0.128 e. The van der Waals surface area contributed by atoms with Crippen molar-refractivity contribution in [2.75, 3.05) is 6.54 Å². The van der Waals surface area contributed by atoms with E-state index in [9.17, 15) is 9.50 Å². The molecule has 0 aliphatic carbocycles. The van der Waals surface area contributed by atoms with Crippen LogP contribution in [0.25, 0.3) is 0 Å². The van der Waals surface area contributed by atoms with E-state index in [1.54, 1.807) is 0 Å². The average Bonchev–Trinajstić information content (AvgIpc) is 2.61. The molecule has 0 saturated carbocycles. The second-order valence-electron chi connectivity index (χ2n) is 3.35. The summed E-state index contributed by atoms with van der Waals surface area (Å²) in [6.07, 6.45) is 2.01. The molecular formula is C10H12FNO. The van der Waals surface area contributed by atoms with Crippen LogP contribution in [0, 0.1) is 5.82 Å². The molecule has 1 fully saturated rings. The number of halogens is 1. The molecule has 1 atom stereocenters. The monoisotopic (exact) mass is 181 g/mol. The molecule has 0 amide bonds. The lowest BCUT2D eigenvalue weighted by molar-refractivity contribution is 0.467. The summed E-state index contributed by atoms with van der Waals surface area (Å²) in [6, 6.07) is 4.25. The molecule has 13 heavy (non-hydrogen) atoms. The van der Waals surface area contributed by atoms with Crippen LogP contribution >= 0.6 is 0 Å². The van der Waals surface area contributed by atoms with Gasteiger partial charge in [-0.25, -0.2) is 4.39 Å². The Morgan fingerprint density at radius 1 is 1.46 bits per heavy atom. The first kappa shape index (κ1) is 8.51. The Morgan fingerprint density at radius 2 is 2.31 bits per heavy atom. The van der Waals surface area contributed by atoms with Crippen LogP contribution in [0.1, 0.15) is 24.4 Å². The zero-order valence-electron chi connectivity index (χ0n) is 7.26. The summed E-state index contributed by atoms with van der Waals surface area (Å²) in [4.78, 5) is 0. The van der Waals surface area contributed by atoms with Crippen molar-refractivity contribution in [1.29, 1.82) is 0 Å². The number of phenols is 1. The molecule has 1 heterocycles. The number of benzene rings is 1. The van der Waals surface area contributed by atoms with E-state index in [2.05, 4.69) is 5.32 Å². The van der Waals surface area contributed by atoms with Crippen LogP contribution < -0.4 is 5.32 Å². The van der Waals surface area contributed by atoms with Gasteiger partial charge in [0.1, 0.15) is 11.6 Å². The molecule has 0 spiro atoms. The Balaban J connectivity index is 2.32. The highest BCUT2D eigenvalue weighted by atomic mass is 19.1. The molecule has 70 valence electrons. The topological polar surface area (TPSA) is 32.3 Å². The Hall–Kier alpha value is -1.09. The van der Waals surface area contributed by atoms with Crippen molar-refractivity contribution < 1.29 is 9.50 Å². The molecule has 1 aromatic rings. The van der Waals surface area contributed by atoms with E-state index >= 15 is 0 Å². The third-order valence-electron chi connectivity index (χ3n) is 2.42. The summed E-state index contributed by atoms with van der Waals surface area (Å²) in [5, 5.41) is 12.4. The number of nitrogens with one attached hydrogen (secondary N) is 1. The number of hydrogen-bond acceptors (Lipinski definition) is 2. The molecule has 2 rings (SSSR count). The number of aromatic hydroxyl groups is 1. The van der Waals surface area contributed by atoms with Crippen molar-refractivity contribution in [1.82, 2.24) is 5.32 Å². The molecule has 1 aromatic carbocycles. The summed E-state index contributed by atoms with van der Waals surface area (Å²) >= 11 is 0. The zero-order chi connectivity index (χ0) is 9.26. The van der Waals surface area contributed by atoms with Crippen LogP contribution in [0.2, 0.25) is 0 Å². The predicted octanol–water partition coefficient (Wildman–Crippen LogP) is 1.96. The van der Waals surface area contributed by atoms with E-state index in [-0.39, 0.29) is 17.6 Å². The molecular weight excluding hydrogens is 169 g/mol. The second kappa shape index (κ2) is 3.34. The van der Waals surface area contributed by atoms with Gasteiger partial charge in [0.15, 0.2) is 0 Å². The van der Waals surface area contributed by atoms with E-state index in [0.717, 1.165) is 19.4 Å². The van der Waals surface area contributed by atoms with Gasteiger partial charge in [-0.05, 0) is 37.6 Å². The van der Waals surface area contributed by atoms with Gasteiger partial charge in [-0.2, -0.15) is 0 Å². The summed E-state index contributed by atoms with van der Waals surface area (Å²) in [5.74, 6) is -0.109. The van der Waals surface area contributed by atoms with Gasteiger partial charge in [0.05, 0.1) is 0 Å². The minimum Gasteiger partial charge on any atom is -0.508 e. The van der Waals surface area contributed by atoms with Crippen molar-refractivity contribution in [3.05, 3.63) is 29.6 Å². The van der Waals surface area contributed by atoms with E-state index in [4.69, 9.17) is 0 Å². The Kier molecular flexibility index (Phi) is 2.19. The summed E-state index contributed by atoms with van der Waals surface area (Å²) in [5.41, 5.74) is 0.581. The van der Waals surface area contributed by atoms with Crippen molar-refractivity contribution >= 4 is 0 Å². The fourth-order valence-electron chi connectivity index (χ4n) is 1.75. The lowest BCUT2D eigenvalue weighted by Crippen LogP contribution is -2.14. The smallest absolute Gasteiger partial charge is 0.128 e. The molecule has 1 saturated heterocycles. The fraction of sp³-hybridized carbons (Fsp3) is 0.400. The molecule has 2 N–H and O–H groups in total. The summed E-state index contributed by atoms with van der Waals surface area (Å²) < 4.78 is 13.3. The number of hydrogen-bond donors (Lipinski definition) is 2. The van der Waals surface area contributed by atoms with E-state index < -0.39 is 0 Å².